The van der Waals surface area contributed by atoms with Crippen molar-refractivity contribution < 1.29 is 9.53 Å². The molecular weight excluding hydrogens is 264 g/mol. The van der Waals surface area contributed by atoms with E-state index in [1.54, 1.807) is 13.2 Å². The van der Waals surface area contributed by atoms with Crippen LogP contribution in [0.15, 0.2) is 24.3 Å². The van der Waals surface area contributed by atoms with Gasteiger partial charge in [0.25, 0.3) is 0 Å². The second-order valence-electron chi connectivity index (χ2n) is 5.51. The van der Waals surface area contributed by atoms with Crippen LogP contribution in [-0.4, -0.2) is 44.1 Å². The smallest absolute Gasteiger partial charge is 0.246 e. The van der Waals surface area contributed by atoms with Gasteiger partial charge in [-0.05, 0) is 51.1 Å². The van der Waals surface area contributed by atoms with Crippen molar-refractivity contribution in [2.24, 2.45) is 0 Å². The maximum atomic E-state index is 12.3. The summed E-state index contributed by atoms with van der Waals surface area (Å²) in [6.45, 7) is 4.00. The van der Waals surface area contributed by atoms with Gasteiger partial charge in [0.2, 0.25) is 5.91 Å². The Kier molecular flexibility index (Phi) is 5.39. The molecule has 1 saturated heterocycles. The van der Waals surface area contributed by atoms with E-state index in [2.05, 4.69) is 5.32 Å². The highest BCUT2D eigenvalue weighted by Crippen LogP contribution is 2.21. The number of aryl methyl sites for hydroxylation is 1. The molecule has 0 unspecified atom stereocenters. The Morgan fingerprint density at radius 1 is 1.38 bits per heavy atom. The van der Waals surface area contributed by atoms with Gasteiger partial charge in [-0.25, -0.2) is 0 Å². The number of methoxy groups -OCH3 is 1. The molecule has 4 heteroatoms. The standard InChI is InChI=1S/C17H24N2O2/c1-13-4-6-16(21-3)14(12-13)5-7-17(20)19(2)15-8-10-18-11-9-15/h4-7,12,15,18H,8-11H2,1-3H3/b7-5+. The lowest BCUT2D eigenvalue weighted by atomic mass is 10.1. The van der Waals surface area contributed by atoms with Gasteiger partial charge in [-0.2, -0.15) is 0 Å². The monoisotopic (exact) mass is 288 g/mol. The van der Waals surface area contributed by atoms with Crippen LogP contribution >= 0.6 is 0 Å². The van der Waals surface area contributed by atoms with Crippen LogP contribution in [0.1, 0.15) is 24.0 Å². The fourth-order valence-corrected chi connectivity index (χ4v) is 2.64. The summed E-state index contributed by atoms with van der Waals surface area (Å²) in [4.78, 5) is 14.1. The van der Waals surface area contributed by atoms with E-state index in [0.717, 1.165) is 42.8 Å². The summed E-state index contributed by atoms with van der Waals surface area (Å²) in [7, 11) is 3.53. The average Bonchev–Trinajstić information content (AvgIpc) is 2.52. The summed E-state index contributed by atoms with van der Waals surface area (Å²) >= 11 is 0. The van der Waals surface area contributed by atoms with Gasteiger partial charge in [0.05, 0.1) is 7.11 Å². The normalized spacial score (nSPS) is 16.1. The Labute approximate surface area is 126 Å². The Bertz CT molecular complexity index is 520. The summed E-state index contributed by atoms with van der Waals surface area (Å²) < 4.78 is 5.33. The topological polar surface area (TPSA) is 41.6 Å². The summed E-state index contributed by atoms with van der Waals surface area (Å²) in [6, 6.07) is 6.28. The number of amides is 1. The van der Waals surface area contributed by atoms with Crippen LogP contribution in [0, 0.1) is 6.92 Å². The van der Waals surface area contributed by atoms with E-state index >= 15 is 0 Å². The van der Waals surface area contributed by atoms with E-state index in [-0.39, 0.29) is 5.91 Å². The van der Waals surface area contributed by atoms with Crippen molar-refractivity contribution in [2.75, 3.05) is 27.2 Å². The van der Waals surface area contributed by atoms with E-state index in [9.17, 15) is 4.79 Å². The molecule has 21 heavy (non-hydrogen) atoms. The molecule has 1 N–H and O–H groups in total. The third kappa shape index (κ3) is 4.08. The maximum Gasteiger partial charge on any atom is 0.246 e. The molecule has 2 rings (SSSR count). The number of nitrogens with zero attached hydrogens (tertiary/aromatic N) is 1. The van der Waals surface area contributed by atoms with Gasteiger partial charge in [0, 0.05) is 24.7 Å². The molecule has 1 amide bonds. The van der Waals surface area contributed by atoms with Gasteiger partial charge in [0.1, 0.15) is 5.75 Å². The molecule has 114 valence electrons. The lowest BCUT2D eigenvalue weighted by Gasteiger charge is -2.30. The Hall–Kier alpha value is -1.81. The van der Waals surface area contributed by atoms with E-state index in [1.807, 2.05) is 43.1 Å². The lowest BCUT2D eigenvalue weighted by Crippen LogP contribution is -2.43. The van der Waals surface area contributed by atoms with Crippen LogP contribution in [0.2, 0.25) is 0 Å². The highest BCUT2D eigenvalue weighted by molar-refractivity contribution is 5.92. The molecule has 0 saturated carbocycles. The Morgan fingerprint density at radius 3 is 2.76 bits per heavy atom. The first kappa shape index (κ1) is 15.6. The van der Waals surface area contributed by atoms with Crippen LogP contribution < -0.4 is 10.1 Å². The average molecular weight is 288 g/mol. The lowest BCUT2D eigenvalue weighted by molar-refractivity contribution is -0.127. The minimum absolute atomic E-state index is 0.0467. The molecule has 0 aliphatic carbocycles. The fourth-order valence-electron chi connectivity index (χ4n) is 2.64. The number of ether oxygens (including phenoxy) is 1. The second kappa shape index (κ2) is 7.27. The fraction of sp³-hybridized carbons (Fsp3) is 0.471. The van der Waals surface area contributed by atoms with Crippen molar-refractivity contribution >= 4 is 12.0 Å². The van der Waals surface area contributed by atoms with Crippen molar-refractivity contribution in [1.82, 2.24) is 10.2 Å². The van der Waals surface area contributed by atoms with Crippen LogP contribution in [-0.2, 0) is 4.79 Å². The SMILES string of the molecule is COc1ccc(C)cc1/C=C/C(=O)N(C)C1CCNCC1. The summed E-state index contributed by atoms with van der Waals surface area (Å²) in [5.41, 5.74) is 2.08. The number of nitrogens with one attached hydrogen (secondary N) is 1. The first-order chi connectivity index (χ1) is 10.1. The number of carbonyl (C=O) groups is 1. The van der Waals surface area contributed by atoms with Gasteiger partial charge in [-0.1, -0.05) is 11.6 Å². The number of benzene rings is 1. The van der Waals surface area contributed by atoms with E-state index in [1.165, 1.54) is 0 Å². The predicted octanol–water partition coefficient (Wildman–Crippen LogP) is 2.23. The Morgan fingerprint density at radius 2 is 2.10 bits per heavy atom. The maximum absolute atomic E-state index is 12.3. The number of piperidine rings is 1. The molecule has 0 spiro atoms. The minimum Gasteiger partial charge on any atom is -0.496 e. The molecule has 1 aromatic carbocycles. The Balaban J connectivity index is 2.05. The largest absolute Gasteiger partial charge is 0.496 e. The molecular formula is C17H24N2O2. The number of hydrogen-bond donors (Lipinski definition) is 1. The molecule has 1 aliphatic rings. The zero-order chi connectivity index (χ0) is 15.2. The number of carbonyl (C=O) groups excluding carboxylic acids is 1. The van der Waals surface area contributed by atoms with Gasteiger partial charge < -0.3 is 15.0 Å². The second-order valence-corrected chi connectivity index (χ2v) is 5.51. The first-order valence-electron chi connectivity index (χ1n) is 7.42. The number of hydrogen-bond acceptors (Lipinski definition) is 3. The van der Waals surface area contributed by atoms with Crippen LogP contribution in [0.4, 0.5) is 0 Å². The van der Waals surface area contributed by atoms with Crippen molar-refractivity contribution in [1.29, 1.82) is 0 Å². The van der Waals surface area contributed by atoms with Gasteiger partial charge in [-0.15, -0.1) is 0 Å². The molecule has 1 aliphatic heterocycles. The minimum atomic E-state index is 0.0467. The molecule has 0 bridgehead atoms. The van der Waals surface area contributed by atoms with Gasteiger partial charge in [0.15, 0.2) is 0 Å². The summed E-state index contributed by atoms with van der Waals surface area (Å²) in [5, 5.41) is 3.32. The summed E-state index contributed by atoms with van der Waals surface area (Å²) in [5.74, 6) is 0.833. The molecule has 0 atom stereocenters. The van der Waals surface area contributed by atoms with Crippen LogP contribution in [0.25, 0.3) is 6.08 Å². The van der Waals surface area contributed by atoms with Gasteiger partial charge in [-0.3, -0.25) is 4.79 Å². The van der Waals surface area contributed by atoms with Crippen molar-refractivity contribution in [3.8, 4) is 5.75 Å². The highest BCUT2D eigenvalue weighted by Gasteiger charge is 2.20. The van der Waals surface area contributed by atoms with Crippen molar-refractivity contribution in [3.63, 3.8) is 0 Å². The molecule has 1 aromatic rings. The van der Waals surface area contributed by atoms with Crippen molar-refractivity contribution in [2.45, 2.75) is 25.8 Å². The van der Waals surface area contributed by atoms with E-state index < -0.39 is 0 Å². The van der Waals surface area contributed by atoms with Crippen molar-refractivity contribution in [3.05, 3.63) is 35.4 Å². The number of likely N-dealkylation sites (N-methyl/N-ethyl adjacent to an activating group) is 1. The molecule has 1 heterocycles. The molecule has 0 aromatic heterocycles. The van der Waals surface area contributed by atoms with E-state index in [0.29, 0.717) is 6.04 Å². The van der Waals surface area contributed by atoms with Crippen LogP contribution in [0.3, 0.4) is 0 Å². The third-order valence-electron chi connectivity index (χ3n) is 3.99. The van der Waals surface area contributed by atoms with Gasteiger partial charge >= 0.3 is 0 Å². The third-order valence-corrected chi connectivity index (χ3v) is 3.99. The van der Waals surface area contributed by atoms with E-state index in [4.69, 9.17) is 4.74 Å². The molecule has 0 radical (unpaired) electrons. The molecule has 4 nitrogen and oxygen atoms in total. The number of rotatable bonds is 4. The predicted molar refractivity (Wildman–Crippen MR) is 85.4 cm³/mol. The molecule has 1 fully saturated rings. The zero-order valence-electron chi connectivity index (χ0n) is 13.1. The summed E-state index contributed by atoms with van der Waals surface area (Å²) in [6.07, 6.45) is 5.51. The van der Waals surface area contributed by atoms with Crippen LogP contribution in [0.5, 0.6) is 5.75 Å². The quantitative estimate of drug-likeness (QED) is 0.864. The zero-order valence-corrected chi connectivity index (χ0v) is 13.1. The highest BCUT2D eigenvalue weighted by atomic mass is 16.5. The first-order valence-corrected chi connectivity index (χ1v) is 7.42.